The molecule has 3 N–H and O–H groups in total. The van der Waals surface area contributed by atoms with Crippen molar-refractivity contribution < 1.29 is 14.3 Å². The van der Waals surface area contributed by atoms with Crippen LogP contribution >= 0.6 is 0 Å². The molecule has 0 unspecified atom stereocenters. The van der Waals surface area contributed by atoms with Gasteiger partial charge in [-0.25, -0.2) is 9.78 Å². The molecule has 0 atom stereocenters. The molecule has 0 aliphatic carbocycles. The Morgan fingerprint density at radius 1 is 1.03 bits per heavy atom. The Morgan fingerprint density at radius 2 is 1.81 bits per heavy atom. The Morgan fingerprint density at radius 3 is 2.48 bits per heavy atom. The molecule has 0 fully saturated rings. The molecule has 0 aliphatic rings. The third kappa shape index (κ3) is 6.05. The Kier molecular flexibility index (Phi) is 6.55. The summed E-state index contributed by atoms with van der Waals surface area (Å²) in [6.07, 6.45) is 1.68. The maximum atomic E-state index is 12.3. The van der Waals surface area contributed by atoms with E-state index in [1.54, 1.807) is 31.5 Å². The predicted molar refractivity (Wildman–Crippen MR) is 123 cm³/mol. The van der Waals surface area contributed by atoms with E-state index in [2.05, 4.69) is 15.3 Å². The number of benzene rings is 2. The van der Waals surface area contributed by atoms with Crippen LogP contribution in [-0.2, 0) is 4.74 Å². The summed E-state index contributed by atoms with van der Waals surface area (Å²) < 4.78 is 10.7. The summed E-state index contributed by atoms with van der Waals surface area (Å²) in [4.78, 5) is 21.0. The van der Waals surface area contributed by atoms with Crippen LogP contribution in [0.2, 0.25) is 0 Å². The molecule has 0 radical (unpaired) electrons. The second kappa shape index (κ2) is 9.30. The van der Waals surface area contributed by atoms with E-state index < -0.39 is 5.60 Å². The van der Waals surface area contributed by atoms with E-state index in [9.17, 15) is 4.79 Å². The van der Waals surface area contributed by atoms with Crippen molar-refractivity contribution in [1.82, 2.24) is 4.98 Å². The number of nitrogens with two attached hydrogens (primary N) is 1. The molecule has 160 valence electrons. The van der Waals surface area contributed by atoms with Crippen LogP contribution in [0.25, 0.3) is 11.1 Å². The number of carbonyl (C=O) groups excluding carboxylic acids is 1. The van der Waals surface area contributed by atoms with E-state index in [-0.39, 0.29) is 11.9 Å². The SMILES string of the molecule is COc1ccccc1NC(N)=Nc1ccc(-c2cccc(C(=O)OC(C)(C)C)c2)cn1. The molecule has 0 saturated heterocycles. The predicted octanol–water partition coefficient (Wildman–Crippen LogP) is 4.77. The van der Waals surface area contributed by atoms with Gasteiger partial charge >= 0.3 is 5.97 Å². The monoisotopic (exact) mass is 418 g/mol. The second-order valence-electron chi connectivity index (χ2n) is 7.81. The zero-order valence-electron chi connectivity index (χ0n) is 18.0. The summed E-state index contributed by atoms with van der Waals surface area (Å²) in [6.45, 7) is 5.52. The number of guanidine groups is 1. The zero-order chi connectivity index (χ0) is 22.4. The first-order valence-electron chi connectivity index (χ1n) is 9.79. The van der Waals surface area contributed by atoms with Gasteiger partial charge in [-0.2, -0.15) is 4.99 Å². The van der Waals surface area contributed by atoms with Crippen molar-refractivity contribution in [2.75, 3.05) is 12.4 Å². The number of anilines is 1. The number of methoxy groups -OCH3 is 1. The maximum absolute atomic E-state index is 12.3. The minimum absolute atomic E-state index is 0.191. The van der Waals surface area contributed by atoms with Crippen molar-refractivity contribution in [2.45, 2.75) is 26.4 Å². The first-order valence-corrected chi connectivity index (χ1v) is 9.79. The number of nitrogens with zero attached hydrogens (tertiary/aromatic N) is 2. The quantitative estimate of drug-likeness (QED) is 0.352. The van der Waals surface area contributed by atoms with Crippen molar-refractivity contribution in [2.24, 2.45) is 10.7 Å². The van der Waals surface area contributed by atoms with E-state index in [4.69, 9.17) is 15.2 Å². The van der Waals surface area contributed by atoms with Gasteiger partial charge in [0.2, 0.25) is 0 Å². The second-order valence-corrected chi connectivity index (χ2v) is 7.81. The molecular weight excluding hydrogens is 392 g/mol. The highest BCUT2D eigenvalue weighted by Crippen LogP contribution is 2.24. The summed E-state index contributed by atoms with van der Waals surface area (Å²) in [5, 5.41) is 3.01. The fraction of sp³-hybridized carbons (Fsp3) is 0.208. The highest BCUT2D eigenvalue weighted by Gasteiger charge is 2.18. The summed E-state index contributed by atoms with van der Waals surface area (Å²) >= 11 is 0. The number of ether oxygens (including phenoxy) is 2. The molecule has 0 aliphatic heterocycles. The van der Waals surface area contributed by atoms with Crippen molar-refractivity contribution in [3.05, 3.63) is 72.4 Å². The summed E-state index contributed by atoms with van der Waals surface area (Å²) in [6, 6.07) is 18.3. The van der Waals surface area contributed by atoms with E-state index >= 15 is 0 Å². The van der Waals surface area contributed by atoms with Gasteiger partial charge < -0.3 is 20.5 Å². The standard InChI is InChI=1S/C24H26N4O3/c1-24(2,3)31-22(29)17-9-7-8-16(14-17)18-12-13-21(26-15-18)28-23(25)27-19-10-5-6-11-20(19)30-4/h5-15H,1-4H3,(H3,25,26,27,28). The van der Waals surface area contributed by atoms with Gasteiger partial charge in [0.1, 0.15) is 11.4 Å². The lowest BCUT2D eigenvalue weighted by molar-refractivity contribution is 0.00695. The number of aliphatic imine (C=N–C) groups is 1. The van der Waals surface area contributed by atoms with E-state index in [1.165, 1.54) is 0 Å². The summed E-state index contributed by atoms with van der Waals surface area (Å²) in [7, 11) is 1.59. The fourth-order valence-electron chi connectivity index (χ4n) is 2.82. The van der Waals surface area contributed by atoms with Crippen molar-refractivity contribution >= 4 is 23.4 Å². The number of aromatic nitrogens is 1. The van der Waals surface area contributed by atoms with Crippen molar-refractivity contribution in [3.8, 4) is 16.9 Å². The van der Waals surface area contributed by atoms with Gasteiger partial charge in [-0.1, -0.05) is 24.3 Å². The number of esters is 1. The Hall–Kier alpha value is -3.87. The van der Waals surface area contributed by atoms with Gasteiger partial charge in [0.15, 0.2) is 11.8 Å². The van der Waals surface area contributed by atoms with Crippen LogP contribution in [0, 0.1) is 0 Å². The van der Waals surface area contributed by atoms with Gasteiger partial charge in [0.05, 0.1) is 18.4 Å². The normalized spacial score (nSPS) is 11.7. The Balaban J connectivity index is 1.75. The van der Waals surface area contributed by atoms with Gasteiger partial charge in [-0.05, 0) is 62.7 Å². The Labute approximate surface area is 181 Å². The summed E-state index contributed by atoms with van der Waals surface area (Å²) in [5.41, 5.74) is 8.35. The third-order valence-corrected chi connectivity index (χ3v) is 4.18. The molecule has 1 heterocycles. The number of pyridine rings is 1. The summed E-state index contributed by atoms with van der Waals surface area (Å²) in [5.74, 6) is 0.941. The van der Waals surface area contributed by atoms with Crippen molar-refractivity contribution in [3.63, 3.8) is 0 Å². The number of para-hydroxylation sites is 2. The van der Waals surface area contributed by atoms with E-state index in [0.29, 0.717) is 22.8 Å². The molecule has 0 saturated carbocycles. The number of nitrogens with one attached hydrogen (secondary N) is 1. The topological polar surface area (TPSA) is 98.8 Å². The molecule has 31 heavy (non-hydrogen) atoms. The molecule has 2 aromatic carbocycles. The van der Waals surface area contributed by atoms with Crippen LogP contribution in [0.15, 0.2) is 71.9 Å². The van der Waals surface area contributed by atoms with Gasteiger partial charge in [-0.15, -0.1) is 0 Å². The van der Waals surface area contributed by atoms with Crippen molar-refractivity contribution in [1.29, 1.82) is 0 Å². The molecule has 0 spiro atoms. The maximum Gasteiger partial charge on any atom is 0.338 e. The fourth-order valence-corrected chi connectivity index (χ4v) is 2.82. The van der Waals surface area contributed by atoms with Gasteiger partial charge in [0.25, 0.3) is 0 Å². The highest BCUT2D eigenvalue weighted by atomic mass is 16.6. The first kappa shape index (κ1) is 21.8. The van der Waals surface area contributed by atoms with Crippen LogP contribution in [0.4, 0.5) is 11.5 Å². The third-order valence-electron chi connectivity index (χ3n) is 4.18. The van der Waals surface area contributed by atoms with Crippen LogP contribution in [0.5, 0.6) is 5.75 Å². The average molecular weight is 418 g/mol. The molecule has 3 rings (SSSR count). The molecule has 1 aromatic heterocycles. The van der Waals surface area contributed by atoms with E-state index in [1.807, 2.05) is 63.2 Å². The smallest absolute Gasteiger partial charge is 0.338 e. The largest absolute Gasteiger partial charge is 0.495 e. The molecule has 7 nitrogen and oxygen atoms in total. The first-order chi connectivity index (χ1) is 14.7. The molecular formula is C24H26N4O3. The average Bonchev–Trinajstić information content (AvgIpc) is 2.73. The highest BCUT2D eigenvalue weighted by molar-refractivity contribution is 5.95. The molecule has 0 amide bonds. The molecule has 0 bridgehead atoms. The minimum atomic E-state index is -0.550. The number of rotatable bonds is 5. The lowest BCUT2D eigenvalue weighted by atomic mass is 10.0. The number of carbonyl (C=O) groups is 1. The Bertz CT molecular complexity index is 1090. The molecule has 7 heteroatoms. The molecule has 3 aromatic rings. The van der Waals surface area contributed by atoms with Gasteiger partial charge in [0, 0.05) is 11.8 Å². The zero-order valence-corrected chi connectivity index (χ0v) is 18.0. The van der Waals surface area contributed by atoms with Crippen LogP contribution in [0.3, 0.4) is 0 Å². The lowest BCUT2D eigenvalue weighted by Gasteiger charge is -2.19. The van der Waals surface area contributed by atoms with Crippen LogP contribution in [0.1, 0.15) is 31.1 Å². The van der Waals surface area contributed by atoms with Crippen LogP contribution < -0.4 is 15.8 Å². The van der Waals surface area contributed by atoms with E-state index in [0.717, 1.165) is 11.1 Å². The minimum Gasteiger partial charge on any atom is -0.495 e. The lowest BCUT2D eigenvalue weighted by Crippen LogP contribution is -2.23. The number of hydrogen-bond acceptors (Lipinski definition) is 5. The number of hydrogen-bond donors (Lipinski definition) is 2. The van der Waals surface area contributed by atoms with Gasteiger partial charge in [-0.3, -0.25) is 0 Å². The van der Waals surface area contributed by atoms with Crippen LogP contribution in [-0.4, -0.2) is 29.6 Å².